The molecule has 0 aliphatic carbocycles. The first-order valence-corrected chi connectivity index (χ1v) is 5.43. The number of benzene rings is 2. The molecule has 2 N–H and O–H groups in total. The van der Waals surface area contributed by atoms with E-state index >= 15 is 0 Å². The fourth-order valence-corrected chi connectivity index (χ4v) is 1.57. The molecule has 2 aromatic rings. The van der Waals surface area contributed by atoms with Gasteiger partial charge in [0.25, 0.3) is 0 Å². The molecular weight excluding hydrogens is 241 g/mol. The second-order valence-electron chi connectivity index (χ2n) is 3.70. The van der Waals surface area contributed by atoms with E-state index in [1.165, 1.54) is 6.07 Å². The minimum Gasteiger partial charge on any atom is -0.455 e. The Hall–Kier alpha value is -1.74. The molecule has 17 heavy (non-hydrogen) atoms. The smallest absolute Gasteiger partial charge is 0.151 e. The number of rotatable bonds is 2. The van der Waals surface area contributed by atoms with Gasteiger partial charge in [0.15, 0.2) is 5.75 Å². The molecule has 0 radical (unpaired) electrons. The molecule has 0 fully saturated rings. The maximum Gasteiger partial charge on any atom is 0.151 e. The number of hydrogen-bond donors (Lipinski definition) is 1. The first-order valence-electron chi connectivity index (χ1n) is 5.05. The van der Waals surface area contributed by atoms with Crippen molar-refractivity contribution >= 4 is 17.3 Å². The largest absolute Gasteiger partial charge is 0.455 e. The van der Waals surface area contributed by atoms with Gasteiger partial charge in [0, 0.05) is 11.1 Å². The molecule has 0 heterocycles. The van der Waals surface area contributed by atoms with Crippen LogP contribution in [-0.4, -0.2) is 0 Å². The lowest BCUT2D eigenvalue weighted by Gasteiger charge is -2.09. The number of halogens is 2. The predicted octanol–water partition coefficient (Wildman–Crippen LogP) is 4.16. The van der Waals surface area contributed by atoms with Crippen molar-refractivity contribution in [2.75, 3.05) is 5.73 Å². The summed E-state index contributed by atoms with van der Waals surface area (Å²) in [5.74, 6) is 0.720. The zero-order valence-electron chi connectivity index (χ0n) is 9.21. The summed E-state index contributed by atoms with van der Waals surface area (Å²) in [5.41, 5.74) is 6.75. The monoisotopic (exact) mass is 251 g/mol. The molecule has 0 saturated heterocycles. The number of nitrogen functional groups attached to an aromatic ring is 1. The second-order valence-corrected chi connectivity index (χ2v) is 4.13. The number of ether oxygens (including phenoxy) is 1. The SMILES string of the molecule is Cc1cc(Oc2cc(Cl)ccc2N)ccc1F. The van der Waals surface area contributed by atoms with Crippen molar-refractivity contribution in [3.05, 3.63) is 52.8 Å². The van der Waals surface area contributed by atoms with Crippen LogP contribution < -0.4 is 10.5 Å². The van der Waals surface area contributed by atoms with E-state index in [1.807, 2.05) is 0 Å². The predicted molar refractivity (Wildman–Crippen MR) is 67.1 cm³/mol. The third kappa shape index (κ3) is 2.68. The molecule has 0 atom stereocenters. The molecule has 2 rings (SSSR count). The van der Waals surface area contributed by atoms with Crippen LogP contribution in [0.5, 0.6) is 11.5 Å². The standard InChI is InChI=1S/C13H11ClFNO/c1-8-6-10(3-4-11(8)15)17-13-7-9(14)2-5-12(13)16/h2-7H,16H2,1H3. The number of nitrogens with two attached hydrogens (primary N) is 1. The molecule has 0 saturated carbocycles. The van der Waals surface area contributed by atoms with Gasteiger partial charge in [-0.3, -0.25) is 0 Å². The van der Waals surface area contributed by atoms with Crippen molar-refractivity contribution in [2.24, 2.45) is 0 Å². The van der Waals surface area contributed by atoms with Crippen molar-refractivity contribution in [1.82, 2.24) is 0 Å². The van der Waals surface area contributed by atoms with E-state index in [2.05, 4.69) is 0 Å². The summed E-state index contributed by atoms with van der Waals surface area (Å²) in [6.07, 6.45) is 0. The summed E-state index contributed by atoms with van der Waals surface area (Å²) in [6.45, 7) is 1.67. The number of aryl methyl sites for hydroxylation is 1. The Morgan fingerprint density at radius 1 is 1.18 bits per heavy atom. The van der Waals surface area contributed by atoms with Gasteiger partial charge in [-0.2, -0.15) is 0 Å². The van der Waals surface area contributed by atoms with Gasteiger partial charge in [-0.25, -0.2) is 4.39 Å². The lowest BCUT2D eigenvalue weighted by molar-refractivity contribution is 0.482. The van der Waals surface area contributed by atoms with E-state index in [4.69, 9.17) is 22.1 Å². The molecule has 4 heteroatoms. The van der Waals surface area contributed by atoms with E-state index in [9.17, 15) is 4.39 Å². The van der Waals surface area contributed by atoms with Crippen LogP contribution in [0.25, 0.3) is 0 Å². The van der Waals surface area contributed by atoms with E-state index in [-0.39, 0.29) is 5.82 Å². The average Bonchev–Trinajstić information content (AvgIpc) is 2.29. The maximum atomic E-state index is 13.1. The average molecular weight is 252 g/mol. The lowest BCUT2D eigenvalue weighted by atomic mass is 10.2. The maximum absolute atomic E-state index is 13.1. The Morgan fingerprint density at radius 2 is 1.94 bits per heavy atom. The van der Waals surface area contributed by atoms with E-state index in [1.54, 1.807) is 37.3 Å². The van der Waals surface area contributed by atoms with Crippen LogP contribution >= 0.6 is 11.6 Å². The summed E-state index contributed by atoms with van der Waals surface area (Å²) >= 11 is 5.84. The molecule has 0 spiro atoms. The van der Waals surface area contributed by atoms with Gasteiger partial charge in [0.1, 0.15) is 11.6 Å². The van der Waals surface area contributed by atoms with Crippen LogP contribution in [-0.2, 0) is 0 Å². The molecule has 0 aliphatic rings. The minimum atomic E-state index is -0.267. The Kier molecular flexibility index (Phi) is 3.20. The van der Waals surface area contributed by atoms with Crippen molar-refractivity contribution in [1.29, 1.82) is 0 Å². The van der Waals surface area contributed by atoms with Gasteiger partial charge in [-0.15, -0.1) is 0 Å². The zero-order valence-corrected chi connectivity index (χ0v) is 9.96. The normalized spacial score (nSPS) is 10.3. The molecule has 0 bridgehead atoms. The summed E-state index contributed by atoms with van der Waals surface area (Å²) in [5, 5.41) is 0.535. The molecular formula is C13H11ClFNO. The first-order chi connectivity index (χ1) is 8.06. The van der Waals surface area contributed by atoms with Crippen LogP contribution in [0.2, 0.25) is 5.02 Å². The molecule has 0 amide bonds. The van der Waals surface area contributed by atoms with Crippen LogP contribution in [0.4, 0.5) is 10.1 Å². The number of anilines is 1. The van der Waals surface area contributed by atoms with Crippen LogP contribution in [0.15, 0.2) is 36.4 Å². The van der Waals surface area contributed by atoms with Gasteiger partial charge < -0.3 is 10.5 Å². The van der Waals surface area contributed by atoms with Crippen molar-refractivity contribution < 1.29 is 9.13 Å². The van der Waals surface area contributed by atoms with Gasteiger partial charge >= 0.3 is 0 Å². The van der Waals surface area contributed by atoms with Gasteiger partial charge in [0.2, 0.25) is 0 Å². The van der Waals surface area contributed by atoms with Crippen LogP contribution in [0, 0.1) is 12.7 Å². The number of hydrogen-bond acceptors (Lipinski definition) is 2. The van der Waals surface area contributed by atoms with Crippen molar-refractivity contribution in [3.8, 4) is 11.5 Å². The molecule has 0 aliphatic heterocycles. The Labute approximate surface area is 104 Å². The molecule has 0 unspecified atom stereocenters. The third-order valence-corrected chi connectivity index (χ3v) is 2.57. The highest BCUT2D eigenvalue weighted by Gasteiger charge is 2.05. The van der Waals surface area contributed by atoms with E-state index < -0.39 is 0 Å². The summed E-state index contributed by atoms with van der Waals surface area (Å²) in [4.78, 5) is 0. The molecule has 0 aromatic heterocycles. The van der Waals surface area contributed by atoms with E-state index in [0.717, 1.165) is 0 Å². The topological polar surface area (TPSA) is 35.2 Å². The quantitative estimate of drug-likeness (QED) is 0.814. The highest BCUT2D eigenvalue weighted by molar-refractivity contribution is 6.30. The first kappa shape index (κ1) is 11.7. The summed E-state index contributed by atoms with van der Waals surface area (Å²) < 4.78 is 18.6. The van der Waals surface area contributed by atoms with Gasteiger partial charge in [-0.05, 0) is 42.8 Å². The molecule has 2 aromatic carbocycles. The fourth-order valence-electron chi connectivity index (χ4n) is 1.40. The van der Waals surface area contributed by atoms with E-state index in [0.29, 0.717) is 27.8 Å². The molecule has 88 valence electrons. The lowest BCUT2D eigenvalue weighted by Crippen LogP contribution is -1.92. The molecule has 2 nitrogen and oxygen atoms in total. The van der Waals surface area contributed by atoms with Crippen molar-refractivity contribution in [2.45, 2.75) is 6.92 Å². The summed E-state index contributed by atoms with van der Waals surface area (Å²) in [6, 6.07) is 9.47. The zero-order chi connectivity index (χ0) is 12.4. The van der Waals surface area contributed by atoms with Crippen LogP contribution in [0.3, 0.4) is 0 Å². The summed E-state index contributed by atoms with van der Waals surface area (Å²) in [7, 11) is 0. The van der Waals surface area contributed by atoms with Gasteiger partial charge in [0.05, 0.1) is 5.69 Å². The third-order valence-electron chi connectivity index (χ3n) is 2.33. The Morgan fingerprint density at radius 3 is 2.65 bits per heavy atom. The second kappa shape index (κ2) is 4.63. The van der Waals surface area contributed by atoms with Gasteiger partial charge in [-0.1, -0.05) is 11.6 Å². The van der Waals surface area contributed by atoms with Crippen LogP contribution in [0.1, 0.15) is 5.56 Å². The minimum absolute atomic E-state index is 0.267. The highest BCUT2D eigenvalue weighted by atomic mass is 35.5. The highest BCUT2D eigenvalue weighted by Crippen LogP contribution is 2.30. The van der Waals surface area contributed by atoms with Crippen molar-refractivity contribution in [3.63, 3.8) is 0 Å². The Bertz CT molecular complexity index is 557. The fraction of sp³-hybridized carbons (Fsp3) is 0.0769. The Balaban J connectivity index is 2.31.